The van der Waals surface area contributed by atoms with Crippen molar-refractivity contribution in [3.63, 3.8) is 0 Å². The van der Waals surface area contributed by atoms with Crippen LogP contribution in [0.25, 0.3) is 0 Å². The highest BCUT2D eigenvalue weighted by atomic mass is 127. The highest BCUT2D eigenvalue weighted by Gasteiger charge is 2.45. The molecule has 2 rings (SSSR count). The lowest BCUT2D eigenvalue weighted by Gasteiger charge is -2.48. The van der Waals surface area contributed by atoms with Crippen molar-refractivity contribution in [1.82, 2.24) is 0 Å². The van der Waals surface area contributed by atoms with Crippen molar-refractivity contribution in [2.24, 2.45) is 17.8 Å². The predicted molar refractivity (Wildman–Crippen MR) is 177 cm³/mol. The molecule has 0 aromatic heterocycles. The summed E-state index contributed by atoms with van der Waals surface area (Å²) in [7, 11) is -0.315. The molecule has 1 aromatic rings. The van der Waals surface area contributed by atoms with Crippen molar-refractivity contribution >= 4 is 36.7 Å². The first kappa shape index (κ1) is 35.5. The van der Waals surface area contributed by atoms with Gasteiger partial charge in [0.15, 0.2) is 8.32 Å². The van der Waals surface area contributed by atoms with E-state index < -0.39 is 8.32 Å². The zero-order valence-corrected chi connectivity index (χ0v) is 29.8. The van der Waals surface area contributed by atoms with E-state index in [4.69, 9.17) is 18.6 Å². The fourth-order valence-electron chi connectivity index (χ4n) is 5.31. The Hall–Kier alpha value is -0.743. The second-order valence-electron chi connectivity index (χ2n) is 13.4. The standard InChI is InChI=1S/C33H55IO5Si/c1-11-12-30-24(3)21-31(39-40(9,10)33(5,6)7)32(38-30)25(4)20-27(35)19-23(2)29(17-18-34)37-22-26-13-15-28(36-8)16-14-26/h13-18,23-25,29-32H,11-12,19-22H2,1-10H3/t23-,24+,25-,29+,30+,31-,32-/m0/s1. The molecule has 228 valence electrons. The topological polar surface area (TPSA) is 54.0 Å². The number of carbonyl (C=O) groups excluding carboxylic acids is 1. The lowest BCUT2D eigenvalue weighted by Crippen LogP contribution is -2.54. The zero-order chi connectivity index (χ0) is 30.1. The summed E-state index contributed by atoms with van der Waals surface area (Å²) in [6.45, 7) is 20.8. The van der Waals surface area contributed by atoms with Gasteiger partial charge in [0.1, 0.15) is 11.5 Å². The van der Waals surface area contributed by atoms with Crippen LogP contribution in [0.4, 0.5) is 0 Å². The molecule has 0 radical (unpaired) electrons. The predicted octanol–water partition coefficient (Wildman–Crippen LogP) is 9.13. The fourth-order valence-corrected chi connectivity index (χ4v) is 7.06. The van der Waals surface area contributed by atoms with Crippen LogP contribution >= 0.6 is 22.6 Å². The Balaban J connectivity index is 2.06. The molecule has 0 bridgehead atoms. The van der Waals surface area contributed by atoms with Gasteiger partial charge in [-0.1, -0.05) is 89.6 Å². The largest absolute Gasteiger partial charge is 0.497 e. The molecule has 1 aliphatic rings. The van der Waals surface area contributed by atoms with E-state index in [2.05, 4.69) is 90.2 Å². The van der Waals surface area contributed by atoms with Gasteiger partial charge in [-0.3, -0.25) is 4.79 Å². The molecule has 0 N–H and O–H groups in total. The van der Waals surface area contributed by atoms with E-state index in [1.165, 1.54) is 0 Å². The van der Waals surface area contributed by atoms with Crippen molar-refractivity contribution in [2.75, 3.05) is 7.11 Å². The normalized spacial score (nSPS) is 24.6. The molecule has 1 aromatic carbocycles. The summed E-state index contributed by atoms with van der Waals surface area (Å²) >= 11 is 2.22. The van der Waals surface area contributed by atoms with E-state index in [1.807, 2.05) is 28.3 Å². The third kappa shape index (κ3) is 10.5. The minimum absolute atomic E-state index is 0.0340. The average Bonchev–Trinajstić information content (AvgIpc) is 2.87. The Morgan fingerprint density at radius 3 is 2.38 bits per heavy atom. The Kier molecular flexibility index (Phi) is 14.4. The minimum Gasteiger partial charge on any atom is -0.497 e. The molecule has 5 nitrogen and oxygen atoms in total. The average molecular weight is 687 g/mol. The van der Waals surface area contributed by atoms with Gasteiger partial charge in [-0.05, 0) is 76.6 Å². The van der Waals surface area contributed by atoms with Crippen LogP contribution in [0, 0.1) is 17.8 Å². The summed E-state index contributed by atoms with van der Waals surface area (Å²) in [5.41, 5.74) is 1.08. The molecule has 0 saturated carbocycles. The molecular formula is C33H55IO5Si. The molecule has 7 heteroatoms. The maximum atomic E-state index is 13.4. The third-order valence-corrected chi connectivity index (χ3v) is 13.8. The smallest absolute Gasteiger partial charge is 0.192 e. The molecule has 1 heterocycles. The summed E-state index contributed by atoms with van der Waals surface area (Å²) in [6, 6.07) is 7.91. The van der Waals surface area contributed by atoms with Gasteiger partial charge in [-0.25, -0.2) is 0 Å². The highest BCUT2D eigenvalue weighted by molar-refractivity contribution is 14.1. The lowest BCUT2D eigenvalue weighted by atomic mass is 9.83. The van der Waals surface area contributed by atoms with E-state index >= 15 is 0 Å². The Labute approximate surface area is 259 Å². The number of ketones is 1. The summed E-state index contributed by atoms with van der Waals surface area (Å²) < 4.78 is 27.2. The van der Waals surface area contributed by atoms with E-state index in [0.717, 1.165) is 30.6 Å². The van der Waals surface area contributed by atoms with Gasteiger partial charge < -0.3 is 18.6 Å². The molecule has 0 amide bonds. The second kappa shape index (κ2) is 16.2. The van der Waals surface area contributed by atoms with Gasteiger partial charge in [0.25, 0.3) is 0 Å². The van der Waals surface area contributed by atoms with Crippen LogP contribution in [0.15, 0.2) is 34.4 Å². The number of hydrogen-bond acceptors (Lipinski definition) is 5. The van der Waals surface area contributed by atoms with Crippen molar-refractivity contribution in [1.29, 1.82) is 0 Å². The summed E-state index contributed by atoms with van der Waals surface area (Å²) in [5, 5.41) is 0.128. The monoisotopic (exact) mass is 686 g/mol. The Morgan fingerprint density at radius 2 is 1.82 bits per heavy atom. The maximum absolute atomic E-state index is 13.4. The van der Waals surface area contributed by atoms with Gasteiger partial charge in [0.05, 0.1) is 38.1 Å². The van der Waals surface area contributed by atoms with Gasteiger partial charge in [-0.15, -0.1) is 0 Å². The van der Waals surface area contributed by atoms with Crippen LogP contribution in [0.3, 0.4) is 0 Å². The number of benzene rings is 1. The molecule has 40 heavy (non-hydrogen) atoms. The van der Waals surface area contributed by atoms with E-state index in [9.17, 15) is 4.79 Å². The van der Waals surface area contributed by atoms with Crippen LogP contribution in [0.1, 0.15) is 86.1 Å². The highest BCUT2D eigenvalue weighted by Crippen LogP contribution is 2.42. The lowest BCUT2D eigenvalue weighted by molar-refractivity contribution is -0.160. The van der Waals surface area contributed by atoms with Gasteiger partial charge in [-0.2, -0.15) is 0 Å². The summed E-state index contributed by atoms with van der Waals surface area (Å²) in [6.07, 6.45) is 6.26. The van der Waals surface area contributed by atoms with E-state index in [-0.39, 0.29) is 47.1 Å². The first-order valence-electron chi connectivity index (χ1n) is 15.1. The van der Waals surface area contributed by atoms with Crippen LogP contribution < -0.4 is 4.74 Å². The molecule has 0 aliphatic carbocycles. The Morgan fingerprint density at radius 1 is 1.18 bits per heavy atom. The van der Waals surface area contributed by atoms with Crippen molar-refractivity contribution in [3.05, 3.63) is 40.0 Å². The third-order valence-electron chi connectivity index (χ3n) is 8.85. The van der Waals surface area contributed by atoms with Gasteiger partial charge >= 0.3 is 0 Å². The quantitative estimate of drug-likeness (QED) is 0.136. The number of rotatable bonds is 15. The van der Waals surface area contributed by atoms with Gasteiger partial charge in [0.2, 0.25) is 0 Å². The second-order valence-corrected chi connectivity index (χ2v) is 18.9. The SMILES string of the molecule is CCC[C@H]1O[C@@H]([C@@H](C)CC(=O)C[C@H](C)[C@@H](C=CI)OCc2ccc(OC)cc2)[C@@H](O[Si](C)(C)C(C)(C)C)C[C@H]1C. The van der Waals surface area contributed by atoms with E-state index in [0.29, 0.717) is 25.4 Å². The molecule has 1 fully saturated rings. The number of halogens is 1. The summed E-state index contributed by atoms with van der Waals surface area (Å²) in [4.78, 5) is 13.4. The molecule has 1 aliphatic heterocycles. The number of Topliss-reactive ketones (excluding diaryl/α,β-unsaturated/α-hetero) is 1. The number of methoxy groups -OCH3 is 1. The molecule has 7 atom stereocenters. The van der Waals surface area contributed by atoms with E-state index in [1.54, 1.807) is 7.11 Å². The zero-order valence-electron chi connectivity index (χ0n) is 26.7. The molecular weight excluding hydrogens is 631 g/mol. The van der Waals surface area contributed by atoms with Crippen LogP contribution in [-0.4, -0.2) is 45.6 Å². The number of ether oxygens (including phenoxy) is 3. The number of hydrogen-bond donors (Lipinski definition) is 0. The Bertz CT molecular complexity index is 926. The molecule has 0 spiro atoms. The van der Waals surface area contributed by atoms with Crippen molar-refractivity contribution in [2.45, 2.75) is 130 Å². The van der Waals surface area contributed by atoms with Crippen molar-refractivity contribution in [3.8, 4) is 5.75 Å². The van der Waals surface area contributed by atoms with Crippen molar-refractivity contribution < 1.29 is 23.4 Å². The van der Waals surface area contributed by atoms with Crippen LogP contribution in [-0.2, 0) is 25.3 Å². The first-order valence-corrected chi connectivity index (χ1v) is 19.2. The number of carbonyl (C=O) groups is 1. The first-order chi connectivity index (χ1) is 18.7. The molecule has 0 unspecified atom stereocenters. The minimum atomic E-state index is -1.98. The molecule has 1 saturated heterocycles. The van der Waals surface area contributed by atoms with Gasteiger partial charge in [0, 0.05) is 12.8 Å². The maximum Gasteiger partial charge on any atom is 0.192 e. The van der Waals surface area contributed by atoms with Crippen LogP contribution in [0.5, 0.6) is 5.75 Å². The fraction of sp³-hybridized carbons (Fsp3) is 0.727. The summed E-state index contributed by atoms with van der Waals surface area (Å²) in [5.74, 6) is 1.72. The van der Waals surface area contributed by atoms with Crippen LogP contribution in [0.2, 0.25) is 18.1 Å².